The Morgan fingerprint density at radius 1 is 1.00 bits per heavy atom. The number of carbonyl (C=O) groups is 1. The zero-order chi connectivity index (χ0) is 23.5. The van der Waals surface area contributed by atoms with Crippen molar-refractivity contribution in [3.05, 3.63) is 90.3 Å². The van der Waals surface area contributed by atoms with E-state index < -0.39 is 5.25 Å². The van der Waals surface area contributed by atoms with Crippen LogP contribution in [0, 0.1) is 6.92 Å². The van der Waals surface area contributed by atoms with Gasteiger partial charge in [0.15, 0.2) is 10.8 Å². The van der Waals surface area contributed by atoms with Crippen LogP contribution in [-0.2, 0) is 4.79 Å². The molecule has 0 fully saturated rings. The molecule has 170 valence electrons. The fourth-order valence-electron chi connectivity index (χ4n) is 3.77. The van der Waals surface area contributed by atoms with E-state index in [1.807, 2.05) is 92.7 Å². The molecule has 5 rings (SSSR count). The molecule has 0 unspecified atom stereocenters. The minimum Gasteiger partial charge on any atom is -0.492 e. The molecule has 2 heterocycles. The van der Waals surface area contributed by atoms with Crippen LogP contribution in [0.25, 0.3) is 16.6 Å². The summed E-state index contributed by atoms with van der Waals surface area (Å²) >= 11 is 1.34. The third-order valence-electron chi connectivity index (χ3n) is 5.26. The van der Waals surface area contributed by atoms with E-state index in [-0.39, 0.29) is 5.91 Å². The Balaban J connectivity index is 1.56. The molecule has 1 amide bonds. The van der Waals surface area contributed by atoms with Gasteiger partial charge in [-0.15, -0.1) is 5.10 Å². The Morgan fingerprint density at radius 3 is 2.56 bits per heavy atom. The summed E-state index contributed by atoms with van der Waals surface area (Å²) in [5, 5.41) is 8.55. The monoisotopic (exact) mass is 469 g/mol. The fourth-order valence-corrected chi connectivity index (χ4v) is 4.81. The lowest BCUT2D eigenvalue weighted by Crippen LogP contribution is -2.20. The van der Waals surface area contributed by atoms with Crippen molar-refractivity contribution in [3.8, 4) is 5.75 Å². The van der Waals surface area contributed by atoms with Crippen LogP contribution in [0.3, 0.4) is 0 Å². The van der Waals surface area contributed by atoms with Gasteiger partial charge in [0.05, 0.1) is 17.8 Å². The van der Waals surface area contributed by atoms with Crippen LogP contribution >= 0.6 is 11.8 Å². The van der Waals surface area contributed by atoms with Gasteiger partial charge in [0, 0.05) is 5.39 Å². The smallest absolute Gasteiger partial charge is 0.242 e. The van der Waals surface area contributed by atoms with E-state index in [9.17, 15) is 4.79 Å². The van der Waals surface area contributed by atoms with E-state index in [0.29, 0.717) is 29.0 Å². The molecular formula is C26H23N5O2S. The summed E-state index contributed by atoms with van der Waals surface area (Å²) in [4.78, 5) is 23.1. The van der Waals surface area contributed by atoms with Crippen molar-refractivity contribution < 1.29 is 9.53 Å². The first kappa shape index (κ1) is 21.9. The third-order valence-corrected chi connectivity index (χ3v) is 6.46. The number of para-hydroxylation sites is 3. The van der Waals surface area contributed by atoms with Crippen molar-refractivity contribution in [2.24, 2.45) is 0 Å². The Labute approximate surface area is 201 Å². The van der Waals surface area contributed by atoms with Crippen molar-refractivity contribution >= 4 is 39.9 Å². The van der Waals surface area contributed by atoms with Gasteiger partial charge in [0.25, 0.3) is 0 Å². The maximum atomic E-state index is 13.6. The van der Waals surface area contributed by atoms with E-state index >= 15 is 0 Å². The third kappa shape index (κ3) is 4.32. The number of thioether (sulfide) groups is 1. The average Bonchev–Trinajstić information content (AvgIpc) is 3.26. The molecular weight excluding hydrogens is 446 g/mol. The summed E-state index contributed by atoms with van der Waals surface area (Å²) < 4.78 is 7.42. The zero-order valence-electron chi connectivity index (χ0n) is 18.8. The van der Waals surface area contributed by atoms with Crippen LogP contribution < -0.4 is 10.1 Å². The number of ether oxygens (including phenoxy) is 1. The quantitative estimate of drug-likeness (QED) is 0.252. The van der Waals surface area contributed by atoms with E-state index in [1.165, 1.54) is 11.8 Å². The Morgan fingerprint density at radius 2 is 1.74 bits per heavy atom. The van der Waals surface area contributed by atoms with Gasteiger partial charge in [-0.1, -0.05) is 66.4 Å². The normalized spacial score (nSPS) is 12.1. The largest absolute Gasteiger partial charge is 0.492 e. The van der Waals surface area contributed by atoms with E-state index in [1.54, 1.807) is 4.52 Å². The minimum atomic E-state index is -0.572. The first-order chi connectivity index (χ1) is 16.6. The predicted molar refractivity (Wildman–Crippen MR) is 134 cm³/mol. The molecule has 0 spiro atoms. The maximum Gasteiger partial charge on any atom is 0.242 e. The molecule has 0 radical (unpaired) electrons. The highest BCUT2D eigenvalue weighted by Crippen LogP contribution is 2.37. The SMILES string of the molecule is CCOc1ccccc1NC(=O)[C@@H](Sc1nc2ccccc2c2nc(C)nn12)c1ccccc1. The molecule has 3 aromatic carbocycles. The minimum absolute atomic E-state index is 0.178. The summed E-state index contributed by atoms with van der Waals surface area (Å²) in [6.45, 7) is 4.27. The second-order valence-corrected chi connectivity index (χ2v) is 8.71. The first-order valence-corrected chi connectivity index (χ1v) is 11.9. The van der Waals surface area contributed by atoms with Crippen molar-refractivity contribution in [2.45, 2.75) is 24.3 Å². The topological polar surface area (TPSA) is 81.4 Å². The van der Waals surface area contributed by atoms with Crippen LogP contribution in [0.5, 0.6) is 5.75 Å². The summed E-state index contributed by atoms with van der Waals surface area (Å²) in [5.41, 5.74) is 3.02. The van der Waals surface area contributed by atoms with Gasteiger partial charge in [-0.2, -0.15) is 4.52 Å². The number of aromatic nitrogens is 4. The molecule has 1 N–H and O–H groups in total. The van der Waals surface area contributed by atoms with Crippen molar-refractivity contribution in [1.29, 1.82) is 0 Å². The number of rotatable bonds is 7. The lowest BCUT2D eigenvalue weighted by atomic mass is 10.1. The number of amides is 1. The number of aryl methyl sites for hydroxylation is 1. The van der Waals surface area contributed by atoms with Crippen LogP contribution in [0.15, 0.2) is 84.0 Å². The number of anilines is 1. The molecule has 8 heteroatoms. The summed E-state index contributed by atoms with van der Waals surface area (Å²) in [6.07, 6.45) is 0. The van der Waals surface area contributed by atoms with Gasteiger partial charge in [-0.25, -0.2) is 9.97 Å². The number of hydrogen-bond donors (Lipinski definition) is 1. The zero-order valence-corrected chi connectivity index (χ0v) is 19.6. The summed E-state index contributed by atoms with van der Waals surface area (Å²) in [5.74, 6) is 1.10. The number of carbonyl (C=O) groups excluding carboxylic acids is 1. The van der Waals surface area contributed by atoms with Gasteiger partial charge in [0.2, 0.25) is 5.91 Å². The fraction of sp³-hybridized carbons (Fsp3) is 0.154. The molecule has 0 saturated heterocycles. The summed E-state index contributed by atoms with van der Waals surface area (Å²) in [6, 6.07) is 24.9. The molecule has 34 heavy (non-hydrogen) atoms. The van der Waals surface area contributed by atoms with E-state index in [4.69, 9.17) is 9.72 Å². The van der Waals surface area contributed by atoms with E-state index in [0.717, 1.165) is 22.1 Å². The number of nitrogens with one attached hydrogen (secondary N) is 1. The molecule has 5 aromatic rings. The van der Waals surface area contributed by atoms with Gasteiger partial charge in [0.1, 0.15) is 16.8 Å². The molecule has 0 saturated carbocycles. The standard InChI is InChI=1S/C26H23N5O2S/c1-3-33-22-16-10-9-15-21(22)28-25(32)23(18-11-5-4-6-12-18)34-26-29-20-14-8-7-13-19(20)24-27-17(2)30-31(24)26/h4-16,23H,3H2,1-2H3,(H,28,32)/t23-/m0/s1. The first-order valence-electron chi connectivity index (χ1n) is 11.0. The molecule has 0 aliphatic rings. The predicted octanol–water partition coefficient (Wildman–Crippen LogP) is 5.46. The molecule has 0 aliphatic heterocycles. The van der Waals surface area contributed by atoms with Crippen LogP contribution in [0.1, 0.15) is 23.6 Å². The lowest BCUT2D eigenvalue weighted by Gasteiger charge is -2.18. The number of nitrogens with zero attached hydrogens (tertiary/aromatic N) is 4. The van der Waals surface area contributed by atoms with Gasteiger partial charge in [-0.05, 0) is 43.7 Å². The number of fused-ring (bicyclic) bond motifs is 3. The molecule has 7 nitrogen and oxygen atoms in total. The molecule has 0 bridgehead atoms. The molecule has 1 atom stereocenters. The van der Waals surface area contributed by atoms with E-state index in [2.05, 4.69) is 15.4 Å². The summed E-state index contributed by atoms with van der Waals surface area (Å²) in [7, 11) is 0. The van der Waals surface area contributed by atoms with Crippen LogP contribution in [-0.4, -0.2) is 32.1 Å². The number of benzene rings is 3. The van der Waals surface area contributed by atoms with Crippen molar-refractivity contribution in [3.63, 3.8) is 0 Å². The average molecular weight is 470 g/mol. The second kappa shape index (κ2) is 9.52. The highest BCUT2D eigenvalue weighted by atomic mass is 32.2. The van der Waals surface area contributed by atoms with Crippen molar-refractivity contribution in [1.82, 2.24) is 19.6 Å². The Hall–Kier alpha value is -3.91. The van der Waals surface area contributed by atoms with Gasteiger partial charge in [-0.3, -0.25) is 4.79 Å². The Kier molecular flexibility index (Phi) is 6.14. The van der Waals surface area contributed by atoms with Crippen LogP contribution in [0.4, 0.5) is 5.69 Å². The Bertz CT molecular complexity index is 1470. The lowest BCUT2D eigenvalue weighted by molar-refractivity contribution is -0.115. The second-order valence-electron chi connectivity index (χ2n) is 7.63. The highest BCUT2D eigenvalue weighted by Gasteiger charge is 2.26. The highest BCUT2D eigenvalue weighted by molar-refractivity contribution is 8.00. The number of hydrogen-bond acceptors (Lipinski definition) is 6. The molecule has 0 aliphatic carbocycles. The van der Waals surface area contributed by atoms with Gasteiger partial charge < -0.3 is 10.1 Å². The molecule has 2 aromatic heterocycles. The maximum absolute atomic E-state index is 13.6. The van der Waals surface area contributed by atoms with Crippen LogP contribution in [0.2, 0.25) is 0 Å². The van der Waals surface area contributed by atoms with Crippen molar-refractivity contribution in [2.75, 3.05) is 11.9 Å². The van der Waals surface area contributed by atoms with Gasteiger partial charge >= 0.3 is 0 Å².